The molecule has 2 atom stereocenters. The molecule has 4 aliphatic rings. The first-order valence-electron chi connectivity index (χ1n) is 19.3. The SMILES string of the molecule is COc1cc([N+](=O)[O-])cc2c1OC1(C=C2)N(Cc2cc(Cl)c(CN3c4ccccc4C(C)(C)C34C=Cc3cc([N+](=O)[O-])cc(OC)c3O4)cc2Cl)c2ccccc2C1(C)C. The van der Waals surface area contributed by atoms with E-state index in [-0.39, 0.29) is 22.9 Å². The van der Waals surface area contributed by atoms with E-state index in [2.05, 4.69) is 49.6 Å². The third-order valence-electron chi connectivity index (χ3n) is 12.7. The summed E-state index contributed by atoms with van der Waals surface area (Å²) in [5.41, 5.74) is 2.91. The van der Waals surface area contributed by atoms with Crippen LogP contribution < -0.4 is 28.7 Å². The van der Waals surface area contributed by atoms with Crippen molar-refractivity contribution in [3.8, 4) is 23.0 Å². The molecule has 306 valence electrons. The van der Waals surface area contributed by atoms with Crippen LogP contribution in [0.5, 0.6) is 23.0 Å². The first kappa shape index (κ1) is 39.2. The lowest BCUT2D eigenvalue weighted by Gasteiger charge is -2.47. The molecule has 2 unspecified atom stereocenters. The van der Waals surface area contributed by atoms with E-state index in [9.17, 15) is 20.2 Å². The molecule has 60 heavy (non-hydrogen) atoms. The van der Waals surface area contributed by atoms with Gasteiger partial charge in [-0.15, -0.1) is 0 Å². The molecule has 12 nitrogen and oxygen atoms in total. The maximum atomic E-state index is 11.8. The fourth-order valence-corrected chi connectivity index (χ4v) is 9.95. The molecule has 0 saturated heterocycles. The lowest BCUT2D eigenvalue weighted by Crippen LogP contribution is -2.59. The minimum absolute atomic E-state index is 0.101. The molecule has 9 rings (SSSR count). The molecule has 0 fully saturated rings. The fraction of sp³-hybridized carbons (Fsp3) is 0.261. The predicted octanol–water partition coefficient (Wildman–Crippen LogP) is 11.0. The summed E-state index contributed by atoms with van der Waals surface area (Å²) in [6, 6.07) is 25.7. The molecule has 5 aromatic carbocycles. The molecule has 4 aliphatic heterocycles. The number of nitrogens with zero attached hydrogens (tertiary/aromatic N) is 4. The number of halogens is 2. The molecule has 0 bridgehead atoms. The van der Waals surface area contributed by atoms with Crippen molar-refractivity contribution in [1.82, 2.24) is 0 Å². The second-order valence-corrected chi connectivity index (χ2v) is 17.2. The van der Waals surface area contributed by atoms with Crippen LogP contribution in [-0.2, 0) is 23.9 Å². The maximum Gasteiger partial charge on any atom is 0.274 e. The lowest BCUT2D eigenvalue weighted by molar-refractivity contribution is -0.385. The zero-order valence-corrected chi connectivity index (χ0v) is 35.1. The maximum absolute atomic E-state index is 11.8. The molecule has 0 aromatic heterocycles. The Hall–Kier alpha value is -6.24. The van der Waals surface area contributed by atoms with Crippen molar-refractivity contribution < 1.29 is 28.8 Å². The molecule has 0 aliphatic carbocycles. The van der Waals surface area contributed by atoms with E-state index in [0.29, 0.717) is 45.8 Å². The van der Waals surface area contributed by atoms with Crippen LogP contribution in [0.25, 0.3) is 12.2 Å². The van der Waals surface area contributed by atoms with Gasteiger partial charge in [-0.25, -0.2) is 0 Å². The lowest BCUT2D eigenvalue weighted by atomic mass is 9.76. The van der Waals surface area contributed by atoms with Gasteiger partial charge in [-0.1, -0.05) is 59.6 Å². The number of ether oxygens (including phenoxy) is 4. The van der Waals surface area contributed by atoms with Crippen LogP contribution in [0.15, 0.2) is 97.1 Å². The topological polar surface area (TPSA) is 130 Å². The number of para-hydroxylation sites is 2. The Bertz CT molecular complexity index is 2550. The minimum atomic E-state index is -1.10. The van der Waals surface area contributed by atoms with E-state index >= 15 is 0 Å². The average molecular weight is 848 g/mol. The Balaban J connectivity index is 1.10. The van der Waals surface area contributed by atoms with Crippen LogP contribution in [0, 0.1) is 20.2 Å². The smallest absolute Gasteiger partial charge is 0.274 e. The summed E-state index contributed by atoms with van der Waals surface area (Å²) >= 11 is 14.6. The van der Waals surface area contributed by atoms with Gasteiger partial charge >= 0.3 is 0 Å². The highest BCUT2D eigenvalue weighted by atomic mass is 35.5. The predicted molar refractivity (Wildman–Crippen MR) is 232 cm³/mol. The fourth-order valence-electron chi connectivity index (χ4n) is 9.46. The number of hydrogen-bond donors (Lipinski definition) is 0. The van der Waals surface area contributed by atoms with Crippen molar-refractivity contribution in [2.45, 2.75) is 63.1 Å². The summed E-state index contributed by atoms with van der Waals surface area (Å²) in [6.45, 7) is 9.04. The van der Waals surface area contributed by atoms with Crippen molar-refractivity contribution in [3.05, 3.63) is 161 Å². The van der Waals surface area contributed by atoms with Crippen molar-refractivity contribution in [2.75, 3.05) is 24.0 Å². The Kier molecular flexibility index (Phi) is 8.93. The summed E-state index contributed by atoms with van der Waals surface area (Å²) in [5.74, 6) is 1.31. The molecule has 14 heteroatoms. The van der Waals surface area contributed by atoms with Crippen LogP contribution in [0.3, 0.4) is 0 Å². The van der Waals surface area contributed by atoms with E-state index in [1.54, 1.807) is 0 Å². The van der Waals surface area contributed by atoms with E-state index in [1.165, 1.54) is 38.5 Å². The molecule has 0 N–H and O–H groups in total. The number of nitro benzene ring substituents is 2. The first-order valence-corrected chi connectivity index (χ1v) is 20.0. The van der Waals surface area contributed by atoms with Gasteiger partial charge in [-0.3, -0.25) is 20.2 Å². The second kappa shape index (κ2) is 13.7. The van der Waals surface area contributed by atoms with E-state index in [1.807, 2.05) is 72.8 Å². The summed E-state index contributed by atoms with van der Waals surface area (Å²) < 4.78 is 25.4. The molecule has 0 saturated carbocycles. The van der Waals surface area contributed by atoms with Gasteiger partial charge in [0.25, 0.3) is 11.4 Å². The molecular formula is C46H40Cl2N4O8. The minimum Gasteiger partial charge on any atom is -0.493 e. The first-order chi connectivity index (χ1) is 28.6. The third-order valence-corrected chi connectivity index (χ3v) is 13.4. The Morgan fingerprint density at radius 3 is 1.37 bits per heavy atom. The molecule has 5 aromatic rings. The third kappa shape index (κ3) is 5.50. The van der Waals surface area contributed by atoms with E-state index < -0.39 is 32.1 Å². The van der Waals surface area contributed by atoms with Gasteiger partial charge in [-0.2, -0.15) is 0 Å². The highest BCUT2D eigenvalue weighted by Crippen LogP contribution is 2.59. The van der Waals surface area contributed by atoms with Gasteiger partial charge in [0.05, 0.1) is 47.0 Å². The molecule has 0 amide bonds. The van der Waals surface area contributed by atoms with E-state index in [0.717, 1.165) is 33.6 Å². The zero-order chi connectivity index (χ0) is 42.5. The number of methoxy groups -OCH3 is 2. The number of non-ortho nitro benzene ring substituents is 2. The summed E-state index contributed by atoms with van der Waals surface area (Å²) in [7, 11) is 2.93. The summed E-state index contributed by atoms with van der Waals surface area (Å²) in [4.78, 5) is 26.9. The van der Waals surface area contributed by atoms with Crippen LogP contribution in [0.2, 0.25) is 10.0 Å². The standard InChI is InChI=1S/C46H40Cl2N4O8/c1-43(2)33-11-7-9-13-37(33)49(45(43)17-15-27-19-31(51(53)54)23-39(57-5)41(27)59-45)25-29-21-36(48)30(22-35(29)47)26-50-38-14-10-8-12-34(38)44(3,4)46(50)18-16-28-20-32(52(55)56)24-40(58-6)42(28)60-46/h7-24H,25-26H2,1-6H3. The van der Waals surface area contributed by atoms with E-state index in [4.69, 9.17) is 42.1 Å². The van der Waals surface area contributed by atoms with Crippen LogP contribution in [-0.4, -0.2) is 35.5 Å². The van der Waals surface area contributed by atoms with Gasteiger partial charge in [-0.05, 0) is 98.5 Å². The van der Waals surface area contributed by atoms with Crippen molar-refractivity contribution >= 4 is 58.1 Å². The molecule has 0 radical (unpaired) electrons. The number of nitro groups is 2. The highest BCUT2D eigenvalue weighted by Gasteiger charge is 2.61. The quantitative estimate of drug-likeness (QED) is 0.110. The van der Waals surface area contributed by atoms with Gasteiger partial charge < -0.3 is 28.7 Å². The number of anilines is 2. The average Bonchev–Trinajstić information content (AvgIpc) is 3.52. The van der Waals surface area contributed by atoms with Crippen LogP contribution in [0.1, 0.15) is 61.1 Å². The molecule has 2 spiro atoms. The van der Waals surface area contributed by atoms with Crippen molar-refractivity contribution in [1.29, 1.82) is 0 Å². The van der Waals surface area contributed by atoms with Crippen molar-refractivity contribution in [2.24, 2.45) is 0 Å². The van der Waals surface area contributed by atoms with Gasteiger partial charge in [0.1, 0.15) is 0 Å². The van der Waals surface area contributed by atoms with Gasteiger partial charge in [0.15, 0.2) is 23.0 Å². The normalized spacial score (nSPS) is 20.9. The Labute approximate surface area is 356 Å². The highest BCUT2D eigenvalue weighted by molar-refractivity contribution is 6.34. The van der Waals surface area contributed by atoms with Gasteiger partial charge in [0, 0.05) is 57.8 Å². The Morgan fingerprint density at radius 2 is 1.00 bits per heavy atom. The Morgan fingerprint density at radius 1 is 0.617 bits per heavy atom. The number of hydrogen-bond acceptors (Lipinski definition) is 10. The monoisotopic (exact) mass is 846 g/mol. The van der Waals surface area contributed by atoms with Gasteiger partial charge in [0.2, 0.25) is 11.4 Å². The number of benzene rings is 5. The number of fused-ring (bicyclic) bond motifs is 4. The molecular weight excluding hydrogens is 807 g/mol. The zero-order valence-electron chi connectivity index (χ0n) is 33.6. The number of rotatable bonds is 8. The second-order valence-electron chi connectivity index (χ2n) is 16.4. The van der Waals surface area contributed by atoms with Crippen LogP contribution >= 0.6 is 23.2 Å². The summed E-state index contributed by atoms with van der Waals surface area (Å²) in [6.07, 6.45) is 7.62. The van der Waals surface area contributed by atoms with Crippen molar-refractivity contribution in [3.63, 3.8) is 0 Å². The largest absolute Gasteiger partial charge is 0.493 e. The molecule has 4 heterocycles. The summed E-state index contributed by atoms with van der Waals surface area (Å²) in [5, 5.41) is 24.5. The van der Waals surface area contributed by atoms with Crippen LogP contribution in [0.4, 0.5) is 22.7 Å².